The molecule has 2 aromatic carbocycles. The van der Waals surface area contributed by atoms with Gasteiger partial charge in [0.25, 0.3) is 0 Å². The molecule has 0 aliphatic rings. The third-order valence-electron chi connectivity index (χ3n) is 3.93. The van der Waals surface area contributed by atoms with Crippen LogP contribution in [0.5, 0.6) is 11.5 Å². The fourth-order valence-electron chi connectivity index (χ4n) is 2.61. The van der Waals surface area contributed by atoms with E-state index in [0.717, 1.165) is 11.4 Å². The first-order valence-corrected chi connectivity index (χ1v) is 10.3. The summed E-state index contributed by atoms with van der Waals surface area (Å²) >= 11 is 1.31. The van der Waals surface area contributed by atoms with Crippen LogP contribution in [-0.4, -0.2) is 30.1 Å². The molecular weight excluding hydrogens is 404 g/mol. The second-order valence-electron chi connectivity index (χ2n) is 6.17. The Balaban J connectivity index is 1.52. The number of aromatic nitrogens is 1. The normalized spacial score (nSPS) is 10.3. The van der Waals surface area contributed by atoms with E-state index in [4.69, 9.17) is 14.2 Å². The molecule has 156 valence electrons. The molecule has 0 bridgehead atoms. The Morgan fingerprint density at radius 3 is 2.30 bits per heavy atom. The third-order valence-corrected chi connectivity index (χ3v) is 4.81. The van der Waals surface area contributed by atoms with Gasteiger partial charge in [-0.2, -0.15) is 0 Å². The van der Waals surface area contributed by atoms with E-state index >= 15 is 0 Å². The number of thiazole rings is 1. The minimum Gasteiger partial charge on any atom is -0.494 e. The zero-order chi connectivity index (χ0) is 21.3. The van der Waals surface area contributed by atoms with Crippen LogP contribution in [0.4, 0.5) is 10.8 Å². The number of nitrogens with zero attached hydrogens (tertiary/aromatic N) is 2. The Morgan fingerprint density at radius 2 is 1.67 bits per heavy atom. The molecule has 0 N–H and O–H groups in total. The number of anilines is 2. The first-order valence-electron chi connectivity index (χ1n) is 9.38. The topological polar surface area (TPSA) is 78.0 Å². The van der Waals surface area contributed by atoms with E-state index in [1.807, 2.05) is 37.3 Å². The maximum atomic E-state index is 12.1. The van der Waals surface area contributed by atoms with Crippen molar-refractivity contribution in [2.45, 2.75) is 20.5 Å². The Bertz CT molecular complexity index is 973. The fourth-order valence-corrected chi connectivity index (χ4v) is 3.48. The SMILES string of the molecule is CCOc1ccc(OCC(=O)OCc2csc(N(C(C)=O)c3ccccc3)n2)cc1. The number of carbonyl (C=O) groups is 2. The van der Waals surface area contributed by atoms with Gasteiger partial charge in [-0.25, -0.2) is 9.78 Å². The van der Waals surface area contributed by atoms with Crippen LogP contribution in [0.15, 0.2) is 60.0 Å². The maximum absolute atomic E-state index is 12.1. The minimum atomic E-state index is -0.509. The Kier molecular flexibility index (Phi) is 7.40. The van der Waals surface area contributed by atoms with E-state index in [0.29, 0.717) is 23.2 Å². The van der Waals surface area contributed by atoms with Crippen molar-refractivity contribution in [3.63, 3.8) is 0 Å². The highest BCUT2D eigenvalue weighted by molar-refractivity contribution is 7.14. The molecule has 0 spiro atoms. The Morgan fingerprint density at radius 1 is 1.00 bits per heavy atom. The van der Waals surface area contributed by atoms with Crippen LogP contribution >= 0.6 is 11.3 Å². The fraction of sp³-hybridized carbons (Fsp3) is 0.227. The number of para-hydroxylation sites is 1. The van der Waals surface area contributed by atoms with Crippen molar-refractivity contribution in [2.75, 3.05) is 18.1 Å². The van der Waals surface area contributed by atoms with Crippen LogP contribution < -0.4 is 14.4 Å². The predicted molar refractivity (Wildman–Crippen MR) is 114 cm³/mol. The molecule has 1 amide bonds. The highest BCUT2D eigenvalue weighted by Gasteiger charge is 2.18. The lowest BCUT2D eigenvalue weighted by Crippen LogP contribution is -2.22. The largest absolute Gasteiger partial charge is 0.494 e. The average Bonchev–Trinajstić information content (AvgIpc) is 3.21. The van der Waals surface area contributed by atoms with Crippen molar-refractivity contribution >= 4 is 34.0 Å². The van der Waals surface area contributed by atoms with Gasteiger partial charge in [0.2, 0.25) is 5.91 Å². The summed E-state index contributed by atoms with van der Waals surface area (Å²) in [4.78, 5) is 30.0. The van der Waals surface area contributed by atoms with Gasteiger partial charge in [-0.1, -0.05) is 18.2 Å². The molecule has 30 heavy (non-hydrogen) atoms. The van der Waals surface area contributed by atoms with Gasteiger partial charge in [0.1, 0.15) is 18.1 Å². The van der Waals surface area contributed by atoms with E-state index in [1.54, 1.807) is 29.6 Å². The smallest absolute Gasteiger partial charge is 0.344 e. The molecule has 8 heteroatoms. The van der Waals surface area contributed by atoms with E-state index in [1.165, 1.54) is 23.2 Å². The first kappa shape index (κ1) is 21.3. The van der Waals surface area contributed by atoms with E-state index in [-0.39, 0.29) is 19.1 Å². The summed E-state index contributed by atoms with van der Waals surface area (Å²) in [5.41, 5.74) is 1.29. The summed E-state index contributed by atoms with van der Waals surface area (Å²) in [7, 11) is 0. The highest BCUT2D eigenvalue weighted by atomic mass is 32.1. The molecule has 0 saturated heterocycles. The lowest BCUT2D eigenvalue weighted by Gasteiger charge is -2.17. The van der Waals surface area contributed by atoms with Gasteiger partial charge in [0.05, 0.1) is 18.0 Å². The predicted octanol–water partition coefficient (Wildman–Crippen LogP) is 4.35. The summed E-state index contributed by atoms with van der Waals surface area (Å²) in [6.07, 6.45) is 0. The second kappa shape index (κ2) is 10.4. The molecule has 3 rings (SSSR count). The summed E-state index contributed by atoms with van der Waals surface area (Å²) in [6.45, 7) is 3.76. The quantitative estimate of drug-likeness (QED) is 0.474. The molecule has 7 nitrogen and oxygen atoms in total. The summed E-state index contributed by atoms with van der Waals surface area (Å²) in [5, 5.41) is 2.28. The van der Waals surface area contributed by atoms with Crippen LogP contribution in [0.2, 0.25) is 0 Å². The average molecular weight is 426 g/mol. The van der Waals surface area contributed by atoms with Gasteiger partial charge in [0, 0.05) is 12.3 Å². The highest BCUT2D eigenvalue weighted by Crippen LogP contribution is 2.28. The Labute approximate surface area is 178 Å². The second-order valence-corrected chi connectivity index (χ2v) is 7.00. The van der Waals surface area contributed by atoms with Gasteiger partial charge < -0.3 is 14.2 Å². The number of hydrogen-bond donors (Lipinski definition) is 0. The van der Waals surface area contributed by atoms with E-state index in [2.05, 4.69) is 4.98 Å². The number of hydrogen-bond acceptors (Lipinski definition) is 7. The number of benzene rings is 2. The molecule has 0 fully saturated rings. The van der Waals surface area contributed by atoms with Gasteiger partial charge in [-0.15, -0.1) is 11.3 Å². The van der Waals surface area contributed by atoms with Gasteiger partial charge >= 0.3 is 5.97 Å². The molecule has 0 aliphatic carbocycles. The lowest BCUT2D eigenvalue weighted by molar-refractivity contribution is -0.147. The molecule has 0 saturated carbocycles. The van der Waals surface area contributed by atoms with Gasteiger partial charge in [-0.3, -0.25) is 9.69 Å². The van der Waals surface area contributed by atoms with E-state index < -0.39 is 5.97 Å². The number of ether oxygens (including phenoxy) is 3. The maximum Gasteiger partial charge on any atom is 0.344 e. The lowest BCUT2D eigenvalue weighted by atomic mass is 10.3. The number of esters is 1. The van der Waals surface area contributed by atoms with Crippen LogP contribution in [0, 0.1) is 0 Å². The van der Waals surface area contributed by atoms with E-state index in [9.17, 15) is 9.59 Å². The van der Waals surface area contributed by atoms with Crippen molar-refractivity contribution in [3.05, 3.63) is 65.7 Å². The van der Waals surface area contributed by atoms with Crippen LogP contribution in [0.1, 0.15) is 19.5 Å². The molecule has 0 unspecified atom stereocenters. The number of amides is 1. The van der Waals surface area contributed by atoms with Crippen molar-refractivity contribution in [3.8, 4) is 11.5 Å². The number of rotatable bonds is 9. The molecule has 0 aliphatic heterocycles. The molecule has 0 radical (unpaired) electrons. The molecule has 1 heterocycles. The minimum absolute atomic E-state index is 0.00249. The molecular formula is C22H22N2O5S. The van der Waals surface area contributed by atoms with Crippen molar-refractivity contribution in [1.29, 1.82) is 0 Å². The van der Waals surface area contributed by atoms with Crippen LogP contribution in [-0.2, 0) is 20.9 Å². The monoisotopic (exact) mass is 426 g/mol. The first-order chi connectivity index (χ1) is 14.6. The summed E-state index contributed by atoms with van der Waals surface area (Å²) in [5.74, 6) is 0.626. The molecule has 3 aromatic rings. The third kappa shape index (κ3) is 5.81. The standard InChI is InChI=1S/C22H22N2O5S/c1-3-27-19-9-11-20(12-10-19)28-14-21(26)29-13-17-15-30-22(23-17)24(16(2)25)18-7-5-4-6-8-18/h4-12,15H,3,13-14H2,1-2H3. The summed E-state index contributed by atoms with van der Waals surface area (Å²) in [6, 6.07) is 16.3. The zero-order valence-electron chi connectivity index (χ0n) is 16.7. The van der Waals surface area contributed by atoms with Crippen molar-refractivity contribution in [1.82, 2.24) is 4.98 Å². The molecule has 1 aromatic heterocycles. The zero-order valence-corrected chi connectivity index (χ0v) is 17.6. The van der Waals surface area contributed by atoms with Crippen molar-refractivity contribution in [2.24, 2.45) is 0 Å². The number of carbonyl (C=O) groups excluding carboxylic acids is 2. The van der Waals surface area contributed by atoms with Crippen LogP contribution in [0.3, 0.4) is 0 Å². The van der Waals surface area contributed by atoms with Crippen LogP contribution in [0.25, 0.3) is 0 Å². The van der Waals surface area contributed by atoms with Gasteiger partial charge in [-0.05, 0) is 43.3 Å². The Hall–Kier alpha value is -3.39. The van der Waals surface area contributed by atoms with Crippen molar-refractivity contribution < 1.29 is 23.8 Å². The molecule has 0 atom stereocenters. The van der Waals surface area contributed by atoms with Gasteiger partial charge in [0.15, 0.2) is 11.7 Å². The summed E-state index contributed by atoms with van der Waals surface area (Å²) < 4.78 is 16.0.